The summed E-state index contributed by atoms with van der Waals surface area (Å²) >= 11 is 6.11. The van der Waals surface area contributed by atoms with Gasteiger partial charge in [-0.1, -0.05) is 42.8 Å². The van der Waals surface area contributed by atoms with Gasteiger partial charge in [-0.05, 0) is 30.7 Å². The lowest BCUT2D eigenvalue weighted by Crippen LogP contribution is -1.91. The lowest BCUT2D eigenvalue weighted by Gasteiger charge is -2.11. The van der Waals surface area contributed by atoms with Crippen LogP contribution in [0.15, 0.2) is 42.5 Å². The van der Waals surface area contributed by atoms with Gasteiger partial charge in [0.2, 0.25) is 0 Å². The van der Waals surface area contributed by atoms with E-state index in [1.807, 2.05) is 36.4 Å². The van der Waals surface area contributed by atoms with E-state index in [0.717, 1.165) is 17.7 Å². The Morgan fingerprint density at radius 3 is 2.62 bits per heavy atom. The highest BCUT2D eigenvalue weighted by atomic mass is 35.5. The summed E-state index contributed by atoms with van der Waals surface area (Å²) in [5, 5.41) is 0.624. The van der Waals surface area contributed by atoms with Crippen LogP contribution in [-0.2, 0) is 6.42 Å². The summed E-state index contributed by atoms with van der Waals surface area (Å²) in [4.78, 5) is 0. The number of rotatable bonds is 3. The minimum atomic E-state index is 0.624. The number of ether oxygens (including phenoxy) is 1. The molecule has 1 radical (unpaired) electrons. The molecule has 0 aliphatic carbocycles. The van der Waals surface area contributed by atoms with Crippen molar-refractivity contribution in [2.45, 2.75) is 13.3 Å². The van der Waals surface area contributed by atoms with Crippen LogP contribution in [0.1, 0.15) is 12.5 Å². The van der Waals surface area contributed by atoms with Crippen molar-refractivity contribution < 1.29 is 4.74 Å². The maximum atomic E-state index is 6.11. The molecule has 0 amide bonds. The predicted molar refractivity (Wildman–Crippen MR) is 66.2 cm³/mol. The molecule has 2 heteroatoms. The van der Waals surface area contributed by atoms with Gasteiger partial charge in [0.1, 0.15) is 11.5 Å². The molecule has 2 rings (SSSR count). The molecule has 0 bridgehead atoms. The first-order valence-corrected chi connectivity index (χ1v) is 5.61. The molecule has 0 saturated heterocycles. The molecule has 0 atom stereocenters. The fraction of sp³-hybridized carbons (Fsp3) is 0.143. The van der Waals surface area contributed by atoms with Crippen molar-refractivity contribution in [2.75, 3.05) is 0 Å². The molecule has 0 aliphatic rings. The molecule has 0 heterocycles. The number of para-hydroxylation sites is 1. The summed E-state index contributed by atoms with van der Waals surface area (Å²) in [5.41, 5.74) is 0.997. The summed E-state index contributed by atoms with van der Waals surface area (Å²) in [6.07, 6.45) is 0.850. The zero-order chi connectivity index (χ0) is 11.4. The van der Waals surface area contributed by atoms with E-state index in [4.69, 9.17) is 16.3 Å². The number of aryl methyl sites for hydroxylation is 1. The first kappa shape index (κ1) is 11.0. The summed E-state index contributed by atoms with van der Waals surface area (Å²) in [6, 6.07) is 16.4. The number of hydrogen-bond acceptors (Lipinski definition) is 1. The molecule has 0 fully saturated rings. The van der Waals surface area contributed by atoms with Gasteiger partial charge in [0.15, 0.2) is 0 Å². The van der Waals surface area contributed by atoms with Gasteiger partial charge in [-0.15, -0.1) is 0 Å². The van der Waals surface area contributed by atoms with Crippen molar-refractivity contribution in [3.8, 4) is 11.5 Å². The Labute approximate surface area is 101 Å². The molecule has 81 valence electrons. The van der Waals surface area contributed by atoms with Crippen LogP contribution in [0.25, 0.3) is 0 Å². The molecule has 0 aromatic heterocycles. The average Bonchev–Trinajstić information content (AvgIpc) is 2.33. The van der Waals surface area contributed by atoms with Gasteiger partial charge < -0.3 is 4.74 Å². The van der Waals surface area contributed by atoms with E-state index in [-0.39, 0.29) is 0 Å². The highest BCUT2D eigenvalue weighted by molar-refractivity contribution is 6.32. The van der Waals surface area contributed by atoms with E-state index >= 15 is 0 Å². The van der Waals surface area contributed by atoms with Crippen molar-refractivity contribution in [3.05, 3.63) is 59.1 Å². The Kier molecular flexibility index (Phi) is 3.47. The summed E-state index contributed by atoms with van der Waals surface area (Å²) < 4.78 is 5.77. The van der Waals surface area contributed by atoms with Crippen molar-refractivity contribution in [2.24, 2.45) is 0 Å². The van der Waals surface area contributed by atoms with Gasteiger partial charge >= 0.3 is 0 Å². The van der Waals surface area contributed by atoms with E-state index in [0.29, 0.717) is 10.8 Å². The second kappa shape index (κ2) is 5.04. The predicted octanol–water partition coefficient (Wildman–Crippen LogP) is 4.49. The molecule has 0 spiro atoms. The Bertz CT molecular complexity index is 465. The molecular weight excluding hydrogens is 220 g/mol. The van der Waals surface area contributed by atoms with E-state index in [1.165, 1.54) is 0 Å². The fourth-order valence-electron chi connectivity index (χ4n) is 1.48. The Morgan fingerprint density at radius 1 is 1.19 bits per heavy atom. The first-order valence-electron chi connectivity index (χ1n) is 5.23. The third-order valence-electron chi connectivity index (χ3n) is 2.29. The fourth-order valence-corrected chi connectivity index (χ4v) is 1.70. The lowest BCUT2D eigenvalue weighted by atomic mass is 10.1. The topological polar surface area (TPSA) is 9.23 Å². The molecule has 0 unspecified atom stereocenters. The second-order valence-corrected chi connectivity index (χ2v) is 3.81. The third-order valence-corrected chi connectivity index (χ3v) is 2.59. The lowest BCUT2D eigenvalue weighted by molar-refractivity contribution is 0.477. The maximum Gasteiger partial charge on any atom is 0.149 e. The van der Waals surface area contributed by atoms with Crippen molar-refractivity contribution in [3.63, 3.8) is 0 Å². The number of benzene rings is 2. The van der Waals surface area contributed by atoms with Crippen molar-refractivity contribution >= 4 is 11.6 Å². The molecule has 2 aromatic rings. The summed E-state index contributed by atoms with van der Waals surface area (Å²) in [7, 11) is 0. The standard InChI is InChI=1S/C14H12ClO/c1-2-11-7-6-10-13(15)14(11)16-12-8-4-3-5-9-12/h3-6,8-10H,2H2,1H3. The van der Waals surface area contributed by atoms with Crippen LogP contribution in [0.4, 0.5) is 0 Å². The van der Waals surface area contributed by atoms with Crippen LogP contribution in [0.5, 0.6) is 11.5 Å². The minimum Gasteiger partial charge on any atom is -0.455 e. The molecular formula is C14H12ClO. The molecule has 2 aromatic carbocycles. The zero-order valence-electron chi connectivity index (χ0n) is 9.03. The largest absolute Gasteiger partial charge is 0.455 e. The summed E-state index contributed by atoms with van der Waals surface area (Å²) in [6.45, 7) is 2.06. The van der Waals surface area contributed by atoms with Gasteiger partial charge in [-0.25, -0.2) is 0 Å². The highest BCUT2D eigenvalue weighted by Crippen LogP contribution is 2.32. The van der Waals surface area contributed by atoms with Crippen LogP contribution in [0.3, 0.4) is 0 Å². The minimum absolute atomic E-state index is 0.624. The van der Waals surface area contributed by atoms with E-state index in [2.05, 4.69) is 13.0 Å². The third kappa shape index (κ3) is 2.37. The molecule has 1 nitrogen and oxygen atoms in total. The van der Waals surface area contributed by atoms with Crippen LogP contribution in [0, 0.1) is 6.07 Å². The average molecular weight is 232 g/mol. The Balaban J connectivity index is 2.34. The quantitative estimate of drug-likeness (QED) is 0.756. The van der Waals surface area contributed by atoms with Crippen molar-refractivity contribution in [1.82, 2.24) is 0 Å². The zero-order valence-corrected chi connectivity index (χ0v) is 9.79. The maximum absolute atomic E-state index is 6.11. The Hall–Kier alpha value is -1.47. The van der Waals surface area contributed by atoms with Gasteiger partial charge in [0, 0.05) is 5.56 Å². The van der Waals surface area contributed by atoms with Crippen LogP contribution in [0.2, 0.25) is 5.02 Å². The normalized spacial score (nSPS) is 10.1. The van der Waals surface area contributed by atoms with Gasteiger partial charge in [-0.2, -0.15) is 0 Å². The van der Waals surface area contributed by atoms with E-state index in [1.54, 1.807) is 6.07 Å². The van der Waals surface area contributed by atoms with Gasteiger partial charge in [-0.3, -0.25) is 0 Å². The molecule has 0 N–H and O–H groups in total. The highest BCUT2D eigenvalue weighted by Gasteiger charge is 2.07. The number of hydrogen-bond donors (Lipinski definition) is 0. The smallest absolute Gasteiger partial charge is 0.149 e. The second-order valence-electron chi connectivity index (χ2n) is 3.40. The SMILES string of the molecule is CCc1[c]ccc(Cl)c1Oc1ccccc1. The molecule has 0 saturated carbocycles. The molecule has 16 heavy (non-hydrogen) atoms. The van der Waals surface area contributed by atoms with Crippen LogP contribution >= 0.6 is 11.6 Å². The van der Waals surface area contributed by atoms with Gasteiger partial charge in [0.05, 0.1) is 5.02 Å². The van der Waals surface area contributed by atoms with Crippen molar-refractivity contribution in [1.29, 1.82) is 0 Å². The van der Waals surface area contributed by atoms with Crippen LogP contribution < -0.4 is 4.74 Å². The first-order chi connectivity index (χ1) is 7.81. The monoisotopic (exact) mass is 231 g/mol. The molecule has 0 aliphatic heterocycles. The van der Waals surface area contributed by atoms with Gasteiger partial charge in [0.25, 0.3) is 0 Å². The van der Waals surface area contributed by atoms with Crippen LogP contribution in [-0.4, -0.2) is 0 Å². The van der Waals surface area contributed by atoms with E-state index < -0.39 is 0 Å². The number of halogens is 1. The summed E-state index contributed by atoms with van der Waals surface area (Å²) in [5.74, 6) is 1.50. The Morgan fingerprint density at radius 2 is 1.94 bits per heavy atom. The van der Waals surface area contributed by atoms with E-state index in [9.17, 15) is 0 Å².